The molecule has 104 valence electrons. The van der Waals surface area contributed by atoms with Crippen molar-refractivity contribution in [1.29, 1.82) is 0 Å². The standard InChI is InChI=1S/C14H20ClN3O/c1-13(2)10(14(13,3)4)7-18-12(19)8-5-9(15)11(16)17-6-8/h5-6,10H,7H2,1-4H3,(H2,16,17)(H,18,19). The predicted octanol–water partition coefficient (Wildman–Crippen LogP) is 2.73. The van der Waals surface area contributed by atoms with Gasteiger partial charge in [0.05, 0.1) is 10.6 Å². The molecule has 1 aromatic heterocycles. The molecule has 3 N–H and O–H groups in total. The fourth-order valence-corrected chi connectivity index (χ4v) is 2.88. The SMILES string of the molecule is CC1(C)C(CNC(=O)c2cnc(N)c(Cl)c2)C1(C)C. The number of aromatic nitrogens is 1. The van der Waals surface area contributed by atoms with E-state index in [0.717, 1.165) is 0 Å². The molecule has 2 rings (SSSR count). The van der Waals surface area contributed by atoms with Crippen LogP contribution in [0.4, 0.5) is 5.82 Å². The highest BCUT2D eigenvalue weighted by Gasteiger charge is 2.64. The first-order valence-corrected chi connectivity index (χ1v) is 6.75. The molecular weight excluding hydrogens is 262 g/mol. The number of carbonyl (C=O) groups excluding carboxylic acids is 1. The maximum Gasteiger partial charge on any atom is 0.252 e. The summed E-state index contributed by atoms with van der Waals surface area (Å²) >= 11 is 5.86. The molecular formula is C14H20ClN3O. The van der Waals surface area contributed by atoms with Crippen LogP contribution in [0, 0.1) is 16.7 Å². The minimum atomic E-state index is -0.159. The normalized spacial score (nSPS) is 20.1. The van der Waals surface area contributed by atoms with Crippen molar-refractivity contribution < 1.29 is 4.79 Å². The van der Waals surface area contributed by atoms with Crippen LogP contribution in [0.15, 0.2) is 12.3 Å². The van der Waals surface area contributed by atoms with Crippen LogP contribution in [-0.4, -0.2) is 17.4 Å². The molecule has 1 aliphatic carbocycles. The largest absolute Gasteiger partial charge is 0.382 e. The number of nitrogens with one attached hydrogen (secondary N) is 1. The van der Waals surface area contributed by atoms with E-state index in [1.165, 1.54) is 6.20 Å². The van der Waals surface area contributed by atoms with Crippen molar-refractivity contribution in [3.05, 3.63) is 22.8 Å². The molecule has 0 spiro atoms. The summed E-state index contributed by atoms with van der Waals surface area (Å²) in [5.41, 5.74) is 6.48. The van der Waals surface area contributed by atoms with Crippen LogP contribution in [0.5, 0.6) is 0 Å². The topological polar surface area (TPSA) is 68.0 Å². The Kier molecular flexibility index (Phi) is 3.25. The van der Waals surface area contributed by atoms with Crippen molar-refractivity contribution in [2.45, 2.75) is 27.7 Å². The van der Waals surface area contributed by atoms with Gasteiger partial charge in [-0.15, -0.1) is 0 Å². The summed E-state index contributed by atoms with van der Waals surface area (Å²) in [6.45, 7) is 9.58. The number of halogens is 1. The van der Waals surface area contributed by atoms with Gasteiger partial charge in [-0.2, -0.15) is 0 Å². The fraction of sp³-hybridized carbons (Fsp3) is 0.571. The van der Waals surface area contributed by atoms with E-state index < -0.39 is 0 Å². The Bertz CT molecular complexity index is 511. The maximum atomic E-state index is 12.0. The summed E-state index contributed by atoms with van der Waals surface area (Å²) in [5.74, 6) is 0.566. The number of anilines is 1. The van der Waals surface area contributed by atoms with E-state index in [-0.39, 0.29) is 22.6 Å². The van der Waals surface area contributed by atoms with Gasteiger partial charge in [-0.3, -0.25) is 4.79 Å². The number of nitrogens with zero attached hydrogens (tertiary/aromatic N) is 1. The van der Waals surface area contributed by atoms with Crippen LogP contribution in [0.3, 0.4) is 0 Å². The van der Waals surface area contributed by atoms with Gasteiger partial charge < -0.3 is 11.1 Å². The molecule has 0 aromatic carbocycles. The molecule has 1 amide bonds. The van der Waals surface area contributed by atoms with Gasteiger partial charge in [-0.1, -0.05) is 39.3 Å². The summed E-state index contributed by atoms with van der Waals surface area (Å²) < 4.78 is 0. The van der Waals surface area contributed by atoms with E-state index in [9.17, 15) is 4.79 Å². The molecule has 1 fully saturated rings. The number of hydrogen-bond acceptors (Lipinski definition) is 3. The second kappa shape index (κ2) is 4.37. The molecule has 0 bridgehead atoms. The Morgan fingerprint density at radius 2 is 2.00 bits per heavy atom. The van der Waals surface area contributed by atoms with Crippen LogP contribution in [0.2, 0.25) is 5.02 Å². The Morgan fingerprint density at radius 3 is 2.47 bits per heavy atom. The first-order valence-electron chi connectivity index (χ1n) is 6.37. The van der Waals surface area contributed by atoms with Gasteiger partial charge in [0.1, 0.15) is 5.82 Å². The molecule has 4 nitrogen and oxygen atoms in total. The molecule has 1 heterocycles. The Morgan fingerprint density at radius 1 is 1.42 bits per heavy atom. The number of hydrogen-bond donors (Lipinski definition) is 2. The van der Waals surface area contributed by atoms with E-state index in [0.29, 0.717) is 23.0 Å². The number of rotatable bonds is 3. The molecule has 1 aromatic rings. The zero-order valence-corrected chi connectivity index (χ0v) is 12.5. The second-order valence-electron chi connectivity index (χ2n) is 6.30. The third-order valence-electron chi connectivity index (χ3n) is 4.92. The highest BCUT2D eigenvalue weighted by atomic mass is 35.5. The highest BCUT2D eigenvalue weighted by molar-refractivity contribution is 6.33. The third kappa shape index (κ3) is 2.29. The summed E-state index contributed by atoms with van der Waals surface area (Å²) in [4.78, 5) is 15.9. The summed E-state index contributed by atoms with van der Waals surface area (Å²) in [7, 11) is 0. The van der Waals surface area contributed by atoms with E-state index in [2.05, 4.69) is 38.0 Å². The van der Waals surface area contributed by atoms with Crippen LogP contribution >= 0.6 is 11.6 Å². The fourth-order valence-electron chi connectivity index (χ4n) is 2.71. The first-order chi connectivity index (χ1) is 8.68. The number of amides is 1. The molecule has 0 unspecified atom stereocenters. The highest BCUT2D eigenvalue weighted by Crippen LogP contribution is 2.67. The Balaban J connectivity index is 1.98. The molecule has 1 saturated carbocycles. The Hall–Kier alpha value is -1.29. The molecule has 0 saturated heterocycles. The summed E-state index contributed by atoms with van der Waals surface area (Å²) in [5, 5.41) is 3.25. The van der Waals surface area contributed by atoms with Crippen molar-refractivity contribution in [3.8, 4) is 0 Å². The van der Waals surface area contributed by atoms with Crippen molar-refractivity contribution in [1.82, 2.24) is 10.3 Å². The van der Waals surface area contributed by atoms with Crippen LogP contribution < -0.4 is 11.1 Å². The van der Waals surface area contributed by atoms with Gasteiger partial charge in [0.15, 0.2) is 0 Å². The maximum absolute atomic E-state index is 12.0. The van der Waals surface area contributed by atoms with E-state index in [4.69, 9.17) is 17.3 Å². The molecule has 0 atom stereocenters. The van der Waals surface area contributed by atoms with Gasteiger partial charge in [0, 0.05) is 12.7 Å². The lowest BCUT2D eigenvalue weighted by Crippen LogP contribution is -2.27. The van der Waals surface area contributed by atoms with Crippen molar-refractivity contribution in [3.63, 3.8) is 0 Å². The van der Waals surface area contributed by atoms with E-state index in [1.54, 1.807) is 6.07 Å². The van der Waals surface area contributed by atoms with Gasteiger partial charge in [0.2, 0.25) is 0 Å². The minimum absolute atomic E-state index is 0.159. The van der Waals surface area contributed by atoms with Gasteiger partial charge in [-0.05, 0) is 22.8 Å². The molecule has 1 aliphatic rings. The van der Waals surface area contributed by atoms with E-state index >= 15 is 0 Å². The lowest BCUT2D eigenvalue weighted by molar-refractivity contribution is 0.0949. The van der Waals surface area contributed by atoms with Crippen LogP contribution in [-0.2, 0) is 0 Å². The predicted molar refractivity (Wildman–Crippen MR) is 77.0 cm³/mol. The van der Waals surface area contributed by atoms with Crippen LogP contribution in [0.1, 0.15) is 38.1 Å². The van der Waals surface area contributed by atoms with Gasteiger partial charge >= 0.3 is 0 Å². The summed E-state index contributed by atoms with van der Waals surface area (Å²) in [6.07, 6.45) is 1.44. The minimum Gasteiger partial charge on any atom is -0.382 e. The zero-order valence-electron chi connectivity index (χ0n) is 11.7. The third-order valence-corrected chi connectivity index (χ3v) is 5.22. The summed E-state index contributed by atoms with van der Waals surface area (Å²) in [6, 6.07) is 1.54. The van der Waals surface area contributed by atoms with Crippen molar-refractivity contribution >= 4 is 23.3 Å². The molecule has 0 aliphatic heterocycles. The van der Waals surface area contributed by atoms with Crippen LogP contribution in [0.25, 0.3) is 0 Å². The van der Waals surface area contributed by atoms with Gasteiger partial charge in [0.25, 0.3) is 5.91 Å². The first kappa shape index (κ1) is 14.1. The monoisotopic (exact) mass is 281 g/mol. The average molecular weight is 282 g/mol. The smallest absolute Gasteiger partial charge is 0.252 e. The molecule has 0 radical (unpaired) electrons. The Labute approximate surface area is 118 Å². The van der Waals surface area contributed by atoms with E-state index in [1.807, 2.05) is 0 Å². The number of nitrogen functional groups attached to an aromatic ring is 1. The lowest BCUT2D eigenvalue weighted by Gasteiger charge is -2.07. The van der Waals surface area contributed by atoms with Gasteiger partial charge in [-0.25, -0.2) is 4.98 Å². The lowest BCUT2D eigenvalue weighted by atomic mass is 10.0. The quantitative estimate of drug-likeness (QED) is 0.895. The average Bonchev–Trinajstić information content (AvgIpc) is 2.70. The molecule has 19 heavy (non-hydrogen) atoms. The second-order valence-corrected chi connectivity index (χ2v) is 6.70. The zero-order chi connectivity index (χ0) is 14.4. The molecule has 5 heteroatoms. The number of nitrogens with two attached hydrogens (primary N) is 1. The van der Waals surface area contributed by atoms with Crippen molar-refractivity contribution in [2.24, 2.45) is 16.7 Å². The number of carbonyl (C=O) groups is 1. The van der Waals surface area contributed by atoms with Crippen molar-refractivity contribution in [2.75, 3.05) is 12.3 Å². The number of pyridine rings is 1.